The third kappa shape index (κ3) is 3.96. The second-order valence-corrected chi connectivity index (χ2v) is 7.14. The van der Waals surface area contributed by atoms with Crippen molar-refractivity contribution in [2.75, 3.05) is 13.2 Å². The van der Waals surface area contributed by atoms with Gasteiger partial charge >= 0.3 is 0 Å². The number of nitrogens with one attached hydrogen (secondary N) is 1. The quantitative estimate of drug-likeness (QED) is 0.676. The molecule has 0 saturated heterocycles. The minimum absolute atomic E-state index is 0.0755. The number of hydrogen-bond donors (Lipinski definition) is 2. The van der Waals surface area contributed by atoms with Crippen LogP contribution in [0.5, 0.6) is 5.75 Å². The Morgan fingerprint density at radius 1 is 1.00 bits per heavy atom. The van der Waals surface area contributed by atoms with Crippen molar-refractivity contribution in [1.29, 1.82) is 0 Å². The van der Waals surface area contributed by atoms with Crippen molar-refractivity contribution >= 4 is 16.7 Å². The maximum absolute atomic E-state index is 12.3. The van der Waals surface area contributed by atoms with Crippen LogP contribution in [-0.4, -0.2) is 24.2 Å². The number of fused-ring (bicyclic) bond motifs is 1. The smallest absolute Gasteiger partial charge is 0.258 e. The predicted molar refractivity (Wildman–Crippen MR) is 106 cm³/mol. The van der Waals surface area contributed by atoms with Gasteiger partial charge in [-0.2, -0.15) is 0 Å². The van der Waals surface area contributed by atoms with Gasteiger partial charge in [-0.3, -0.25) is 4.79 Å². The summed E-state index contributed by atoms with van der Waals surface area (Å²) < 4.78 is 5.63. The van der Waals surface area contributed by atoms with E-state index < -0.39 is 5.60 Å². The number of aliphatic hydroxyl groups is 1. The zero-order valence-electron chi connectivity index (χ0n) is 15.1. The third-order valence-corrected chi connectivity index (χ3v) is 5.17. The van der Waals surface area contributed by atoms with Crippen LogP contribution >= 0.6 is 0 Å². The topological polar surface area (TPSA) is 58.6 Å². The molecule has 2 N–H and O–H groups in total. The molecular formula is C23H23NO3. The average molecular weight is 361 g/mol. The van der Waals surface area contributed by atoms with Gasteiger partial charge in [-0.25, -0.2) is 0 Å². The number of carbonyl (C=O) groups excluding carboxylic acids is 1. The summed E-state index contributed by atoms with van der Waals surface area (Å²) >= 11 is 0. The molecule has 4 nitrogen and oxygen atoms in total. The molecule has 1 amide bonds. The van der Waals surface area contributed by atoms with Crippen LogP contribution in [0.3, 0.4) is 0 Å². The van der Waals surface area contributed by atoms with Crippen LogP contribution in [-0.2, 0) is 10.4 Å². The third-order valence-electron chi connectivity index (χ3n) is 5.17. The molecule has 0 spiro atoms. The highest BCUT2D eigenvalue weighted by Crippen LogP contribution is 2.45. The van der Waals surface area contributed by atoms with Crippen molar-refractivity contribution < 1.29 is 14.6 Å². The first-order valence-electron chi connectivity index (χ1n) is 9.31. The second-order valence-electron chi connectivity index (χ2n) is 7.14. The lowest BCUT2D eigenvalue weighted by Gasteiger charge is -2.29. The number of carbonyl (C=O) groups is 1. The molecule has 0 heterocycles. The van der Waals surface area contributed by atoms with Gasteiger partial charge in [-0.1, -0.05) is 60.7 Å². The van der Waals surface area contributed by atoms with Crippen molar-refractivity contribution in [1.82, 2.24) is 5.32 Å². The molecule has 27 heavy (non-hydrogen) atoms. The molecule has 0 bridgehead atoms. The Hall–Kier alpha value is -2.85. The Bertz CT molecular complexity index is 937. The van der Waals surface area contributed by atoms with E-state index in [9.17, 15) is 9.90 Å². The van der Waals surface area contributed by atoms with Crippen LogP contribution in [0.2, 0.25) is 0 Å². The van der Waals surface area contributed by atoms with Crippen molar-refractivity contribution in [3.8, 4) is 5.75 Å². The highest BCUT2D eigenvalue weighted by atomic mass is 16.5. The number of ether oxygens (including phenoxy) is 1. The first kappa shape index (κ1) is 17.6. The summed E-state index contributed by atoms with van der Waals surface area (Å²) in [4.78, 5) is 12.3. The first-order valence-corrected chi connectivity index (χ1v) is 9.31. The van der Waals surface area contributed by atoms with E-state index in [2.05, 4.69) is 5.32 Å². The van der Waals surface area contributed by atoms with Gasteiger partial charge in [0.2, 0.25) is 0 Å². The fourth-order valence-electron chi connectivity index (χ4n) is 3.46. The van der Waals surface area contributed by atoms with E-state index in [-0.39, 0.29) is 25.0 Å². The van der Waals surface area contributed by atoms with Crippen LogP contribution in [0.15, 0.2) is 72.8 Å². The molecule has 4 heteroatoms. The monoisotopic (exact) mass is 361 g/mol. The Kier molecular flexibility index (Phi) is 4.82. The maximum Gasteiger partial charge on any atom is 0.258 e. The molecule has 1 aliphatic carbocycles. The molecule has 0 aliphatic heterocycles. The number of benzene rings is 3. The molecule has 3 aromatic rings. The van der Waals surface area contributed by atoms with Gasteiger partial charge in [0, 0.05) is 0 Å². The van der Waals surface area contributed by atoms with Gasteiger partial charge in [0.25, 0.3) is 5.91 Å². The predicted octanol–water partition coefficient (Wildman–Crippen LogP) is 3.63. The molecule has 138 valence electrons. The standard InChI is InChI=1S/C23H23NO3/c25-22(15-27-21-13-10-17-6-4-5-7-18(17)14-21)24-16-23(26,20-11-12-20)19-8-2-1-3-9-19/h1-10,13-14,20,26H,11-12,15-16H2,(H,24,25). The van der Waals surface area contributed by atoms with E-state index in [1.807, 2.05) is 72.8 Å². The summed E-state index contributed by atoms with van der Waals surface area (Å²) in [5.41, 5.74) is -0.164. The Morgan fingerprint density at radius 2 is 1.70 bits per heavy atom. The number of amides is 1. The fourth-order valence-corrected chi connectivity index (χ4v) is 3.46. The summed E-state index contributed by atoms with van der Waals surface area (Å²) in [6.45, 7) is 0.121. The lowest BCUT2D eigenvalue weighted by molar-refractivity contribution is -0.124. The van der Waals surface area contributed by atoms with E-state index in [4.69, 9.17) is 4.74 Å². The summed E-state index contributed by atoms with van der Waals surface area (Å²) in [7, 11) is 0. The summed E-state index contributed by atoms with van der Waals surface area (Å²) in [6, 6.07) is 23.3. The molecule has 1 fully saturated rings. The van der Waals surface area contributed by atoms with Gasteiger partial charge in [0.1, 0.15) is 11.4 Å². The fraction of sp³-hybridized carbons (Fsp3) is 0.261. The molecule has 1 aliphatic rings. The van der Waals surface area contributed by atoms with Crippen LogP contribution in [0, 0.1) is 5.92 Å². The van der Waals surface area contributed by atoms with E-state index in [1.54, 1.807) is 0 Å². The van der Waals surface area contributed by atoms with E-state index in [0.29, 0.717) is 5.75 Å². The SMILES string of the molecule is O=C(COc1ccc2ccccc2c1)NCC(O)(c1ccccc1)C1CC1. The highest BCUT2D eigenvalue weighted by molar-refractivity contribution is 5.84. The van der Waals surface area contributed by atoms with Gasteiger partial charge in [0.15, 0.2) is 6.61 Å². The molecule has 0 radical (unpaired) electrons. The number of rotatable bonds is 7. The van der Waals surface area contributed by atoms with E-state index in [1.165, 1.54) is 0 Å². The van der Waals surface area contributed by atoms with Gasteiger partial charge in [-0.15, -0.1) is 0 Å². The van der Waals surface area contributed by atoms with Gasteiger partial charge < -0.3 is 15.2 Å². The Morgan fingerprint density at radius 3 is 2.44 bits per heavy atom. The van der Waals surface area contributed by atoms with E-state index in [0.717, 1.165) is 29.2 Å². The van der Waals surface area contributed by atoms with Crippen LogP contribution in [0.25, 0.3) is 10.8 Å². The van der Waals surface area contributed by atoms with Crippen molar-refractivity contribution in [3.63, 3.8) is 0 Å². The highest BCUT2D eigenvalue weighted by Gasteiger charge is 2.45. The molecule has 1 unspecified atom stereocenters. The van der Waals surface area contributed by atoms with Gasteiger partial charge in [0.05, 0.1) is 6.54 Å². The van der Waals surface area contributed by atoms with E-state index >= 15 is 0 Å². The molecule has 0 aromatic heterocycles. The lowest BCUT2D eigenvalue weighted by Crippen LogP contribution is -2.43. The van der Waals surface area contributed by atoms with Crippen molar-refractivity contribution in [2.24, 2.45) is 5.92 Å². The normalized spacial score (nSPS) is 15.9. The summed E-state index contributed by atoms with van der Waals surface area (Å²) in [5, 5.41) is 16.2. The summed E-state index contributed by atoms with van der Waals surface area (Å²) in [6.07, 6.45) is 1.96. The van der Waals surface area contributed by atoms with Gasteiger partial charge in [-0.05, 0) is 47.2 Å². The molecule has 4 rings (SSSR count). The lowest BCUT2D eigenvalue weighted by atomic mass is 9.88. The van der Waals surface area contributed by atoms with Crippen LogP contribution < -0.4 is 10.1 Å². The maximum atomic E-state index is 12.3. The molecule has 1 saturated carbocycles. The largest absolute Gasteiger partial charge is 0.484 e. The minimum Gasteiger partial charge on any atom is -0.484 e. The zero-order valence-corrected chi connectivity index (χ0v) is 15.1. The zero-order chi connectivity index (χ0) is 18.7. The molecule has 3 aromatic carbocycles. The Labute approximate surface area is 158 Å². The summed E-state index contributed by atoms with van der Waals surface area (Å²) in [5.74, 6) is 0.615. The first-order chi connectivity index (χ1) is 13.1. The second kappa shape index (κ2) is 7.41. The molecule has 1 atom stereocenters. The van der Waals surface area contributed by atoms with Crippen LogP contribution in [0.1, 0.15) is 18.4 Å². The average Bonchev–Trinajstić information content (AvgIpc) is 3.57. The van der Waals surface area contributed by atoms with Crippen molar-refractivity contribution in [2.45, 2.75) is 18.4 Å². The van der Waals surface area contributed by atoms with Crippen molar-refractivity contribution in [3.05, 3.63) is 78.4 Å². The minimum atomic E-state index is -1.01. The van der Waals surface area contributed by atoms with Crippen LogP contribution in [0.4, 0.5) is 0 Å². The molecular weight excluding hydrogens is 338 g/mol. The Balaban J connectivity index is 1.36. The number of hydrogen-bond acceptors (Lipinski definition) is 3.